The molecule has 4 heteroatoms. The molecule has 0 saturated heterocycles. The van der Waals surface area contributed by atoms with Crippen LogP contribution < -0.4 is 5.32 Å². The Kier molecular flexibility index (Phi) is 5.89. The van der Waals surface area contributed by atoms with Crippen LogP contribution in [-0.4, -0.2) is 37.0 Å². The quantitative estimate of drug-likeness (QED) is 0.702. The molecular weight excluding hydrogens is 178 g/mol. The lowest BCUT2D eigenvalue weighted by Crippen LogP contribution is -2.45. The van der Waals surface area contributed by atoms with Crippen molar-refractivity contribution >= 4 is 5.91 Å². The van der Waals surface area contributed by atoms with Gasteiger partial charge in [-0.05, 0) is 27.8 Å². The zero-order valence-corrected chi connectivity index (χ0v) is 9.37. The van der Waals surface area contributed by atoms with Gasteiger partial charge in [-0.1, -0.05) is 0 Å². The second-order valence-electron chi connectivity index (χ2n) is 3.42. The van der Waals surface area contributed by atoms with E-state index in [-0.39, 0.29) is 17.9 Å². The van der Waals surface area contributed by atoms with Crippen molar-refractivity contribution in [2.75, 3.05) is 20.1 Å². The molecule has 2 unspecified atom stereocenters. The summed E-state index contributed by atoms with van der Waals surface area (Å²) in [6.45, 7) is 6.72. The van der Waals surface area contributed by atoms with Gasteiger partial charge < -0.3 is 10.2 Å². The molecule has 0 heterocycles. The van der Waals surface area contributed by atoms with Crippen molar-refractivity contribution in [1.82, 2.24) is 10.2 Å². The Morgan fingerprint density at radius 2 is 2.14 bits per heavy atom. The van der Waals surface area contributed by atoms with Crippen LogP contribution in [-0.2, 0) is 4.79 Å². The highest BCUT2D eigenvalue weighted by molar-refractivity contribution is 5.81. The molecule has 0 aliphatic rings. The number of carbonyl (C=O) groups excluding carboxylic acids is 1. The van der Waals surface area contributed by atoms with Crippen molar-refractivity contribution < 1.29 is 4.79 Å². The molecule has 0 aromatic rings. The number of hydrogen-bond acceptors (Lipinski definition) is 3. The maximum Gasteiger partial charge on any atom is 0.239 e. The molecule has 0 aromatic carbocycles. The number of rotatable bonds is 5. The Hall–Kier alpha value is -1.08. The van der Waals surface area contributed by atoms with Crippen LogP contribution >= 0.6 is 0 Å². The monoisotopic (exact) mass is 197 g/mol. The first kappa shape index (κ1) is 12.9. The SMILES string of the molecule is CCN(CC(C)C#N)C(=O)C(C)NC. The lowest BCUT2D eigenvalue weighted by Gasteiger charge is -2.25. The van der Waals surface area contributed by atoms with Crippen molar-refractivity contribution in [3.63, 3.8) is 0 Å². The summed E-state index contributed by atoms with van der Waals surface area (Å²) in [6, 6.07) is 1.95. The van der Waals surface area contributed by atoms with Crippen LogP contribution in [0.15, 0.2) is 0 Å². The molecule has 0 spiro atoms. The lowest BCUT2D eigenvalue weighted by atomic mass is 10.2. The fraction of sp³-hybridized carbons (Fsp3) is 0.800. The number of nitriles is 1. The van der Waals surface area contributed by atoms with E-state index in [1.807, 2.05) is 20.8 Å². The molecule has 1 amide bonds. The maximum atomic E-state index is 11.7. The molecule has 0 bridgehead atoms. The molecule has 2 atom stereocenters. The zero-order valence-electron chi connectivity index (χ0n) is 9.37. The van der Waals surface area contributed by atoms with Gasteiger partial charge in [0.05, 0.1) is 18.0 Å². The zero-order chi connectivity index (χ0) is 11.1. The van der Waals surface area contributed by atoms with E-state index in [0.29, 0.717) is 13.1 Å². The highest BCUT2D eigenvalue weighted by Crippen LogP contribution is 2.01. The number of nitrogens with one attached hydrogen (secondary N) is 1. The number of nitrogens with zero attached hydrogens (tertiary/aromatic N) is 2. The van der Waals surface area contributed by atoms with Gasteiger partial charge in [-0.15, -0.1) is 0 Å². The summed E-state index contributed by atoms with van der Waals surface area (Å²) in [7, 11) is 1.75. The van der Waals surface area contributed by atoms with Crippen LogP contribution in [0, 0.1) is 17.2 Å². The third-order valence-corrected chi connectivity index (χ3v) is 2.21. The molecule has 0 aliphatic carbocycles. The minimum Gasteiger partial charge on any atom is -0.340 e. The molecule has 0 saturated carbocycles. The first-order chi connectivity index (χ1) is 6.56. The molecular formula is C10H19N3O. The van der Waals surface area contributed by atoms with Crippen molar-refractivity contribution in [3.8, 4) is 6.07 Å². The van der Waals surface area contributed by atoms with Gasteiger partial charge in [-0.3, -0.25) is 4.79 Å². The Bertz CT molecular complexity index is 222. The number of likely N-dealkylation sites (N-methyl/N-ethyl adjacent to an activating group) is 2. The smallest absolute Gasteiger partial charge is 0.239 e. The van der Waals surface area contributed by atoms with E-state index in [1.165, 1.54) is 0 Å². The molecule has 0 aromatic heterocycles. The van der Waals surface area contributed by atoms with Gasteiger partial charge in [-0.2, -0.15) is 5.26 Å². The van der Waals surface area contributed by atoms with Crippen LogP contribution in [0.1, 0.15) is 20.8 Å². The summed E-state index contributed by atoms with van der Waals surface area (Å²) >= 11 is 0. The molecule has 14 heavy (non-hydrogen) atoms. The highest BCUT2D eigenvalue weighted by Gasteiger charge is 2.19. The van der Waals surface area contributed by atoms with E-state index in [9.17, 15) is 4.79 Å². The van der Waals surface area contributed by atoms with E-state index in [2.05, 4.69) is 11.4 Å². The molecule has 80 valence electrons. The summed E-state index contributed by atoms with van der Waals surface area (Å²) < 4.78 is 0. The van der Waals surface area contributed by atoms with E-state index in [0.717, 1.165) is 0 Å². The van der Waals surface area contributed by atoms with Crippen molar-refractivity contribution in [2.24, 2.45) is 5.92 Å². The minimum absolute atomic E-state index is 0.0529. The van der Waals surface area contributed by atoms with E-state index >= 15 is 0 Å². The van der Waals surface area contributed by atoms with E-state index < -0.39 is 0 Å². The summed E-state index contributed by atoms with van der Waals surface area (Å²) in [5.74, 6) is -0.0555. The Balaban J connectivity index is 4.27. The predicted octanol–water partition coefficient (Wildman–Crippen LogP) is 0.602. The van der Waals surface area contributed by atoms with Crippen LogP contribution in [0.5, 0.6) is 0 Å². The van der Waals surface area contributed by atoms with Crippen LogP contribution in [0.2, 0.25) is 0 Å². The van der Waals surface area contributed by atoms with Crippen molar-refractivity contribution in [2.45, 2.75) is 26.8 Å². The van der Waals surface area contributed by atoms with Crippen molar-refractivity contribution in [3.05, 3.63) is 0 Å². The predicted molar refractivity (Wildman–Crippen MR) is 55.6 cm³/mol. The van der Waals surface area contributed by atoms with Crippen molar-refractivity contribution in [1.29, 1.82) is 5.26 Å². The number of carbonyl (C=O) groups is 1. The molecule has 0 aliphatic heterocycles. The molecule has 0 fully saturated rings. The average Bonchev–Trinajstić information content (AvgIpc) is 2.23. The third kappa shape index (κ3) is 3.75. The number of hydrogen-bond donors (Lipinski definition) is 1. The molecule has 1 N–H and O–H groups in total. The summed E-state index contributed by atoms with van der Waals surface area (Å²) in [6.07, 6.45) is 0. The van der Waals surface area contributed by atoms with Gasteiger partial charge in [0.15, 0.2) is 0 Å². The fourth-order valence-corrected chi connectivity index (χ4v) is 1.14. The van der Waals surface area contributed by atoms with E-state index in [1.54, 1.807) is 11.9 Å². The second-order valence-corrected chi connectivity index (χ2v) is 3.42. The van der Waals surface area contributed by atoms with Gasteiger partial charge in [0.2, 0.25) is 5.91 Å². The summed E-state index contributed by atoms with van der Waals surface area (Å²) in [4.78, 5) is 13.4. The Labute approximate surface area is 85.9 Å². The van der Waals surface area contributed by atoms with Gasteiger partial charge in [0.25, 0.3) is 0 Å². The average molecular weight is 197 g/mol. The minimum atomic E-state index is -0.180. The first-order valence-corrected chi connectivity index (χ1v) is 4.92. The first-order valence-electron chi connectivity index (χ1n) is 4.92. The normalized spacial score (nSPS) is 14.2. The van der Waals surface area contributed by atoms with Crippen LogP contribution in [0.25, 0.3) is 0 Å². The summed E-state index contributed by atoms with van der Waals surface area (Å²) in [5.41, 5.74) is 0. The highest BCUT2D eigenvalue weighted by atomic mass is 16.2. The topological polar surface area (TPSA) is 56.1 Å². The Morgan fingerprint density at radius 1 is 1.57 bits per heavy atom. The van der Waals surface area contributed by atoms with Gasteiger partial charge in [0, 0.05) is 13.1 Å². The molecule has 0 radical (unpaired) electrons. The van der Waals surface area contributed by atoms with Gasteiger partial charge >= 0.3 is 0 Å². The van der Waals surface area contributed by atoms with Crippen LogP contribution in [0.4, 0.5) is 0 Å². The standard InChI is InChI=1S/C10H19N3O/c1-5-13(7-8(2)6-11)10(14)9(3)12-4/h8-9,12H,5,7H2,1-4H3. The maximum absolute atomic E-state index is 11.7. The summed E-state index contributed by atoms with van der Waals surface area (Å²) in [5, 5.41) is 11.5. The third-order valence-electron chi connectivity index (χ3n) is 2.21. The Morgan fingerprint density at radius 3 is 2.50 bits per heavy atom. The molecule has 4 nitrogen and oxygen atoms in total. The lowest BCUT2D eigenvalue weighted by molar-refractivity contribution is -0.133. The number of amides is 1. The largest absolute Gasteiger partial charge is 0.340 e. The fourth-order valence-electron chi connectivity index (χ4n) is 1.14. The van der Waals surface area contributed by atoms with Crippen LogP contribution in [0.3, 0.4) is 0 Å². The van der Waals surface area contributed by atoms with Gasteiger partial charge in [-0.25, -0.2) is 0 Å². The van der Waals surface area contributed by atoms with Gasteiger partial charge in [0.1, 0.15) is 0 Å². The second kappa shape index (κ2) is 6.39. The molecule has 0 rings (SSSR count). The van der Waals surface area contributed by atoms with E-state index in [4.69, 9.17) is 5.26 Å².